The number of ether oxygens (including phenoxy) is 2. The Morgan fingerprint density at radius 2 is 1.08 bits per heavy atom. The number of carbonyl (C=O) groups excluding carboxylic acids is 2. The molecule has 0 aromatic heterocycles. The third kappa shape index (κ3) is 21.7. The number of carboxylic acids is 2. The molecule has 2 atom stereocenters. The predicted molar refractivity (Wildman–Crippen MR) is 143 cm³/mol. The van der Waals surface area contributed by atoms with Gasteiger partial charge in [-0.25, -0.2) is 4.79 Å². The van der Waals surface area contributed by atoms with Crippen LogP contribution in [0, 0.1) is 5.92 Å². The van der Waals surface area contributed by atoms with Crippen LogP contribution in [-0.4, -0.2) is 46.8 Å². The first kappa shape index (κ1) is 34.9. The van der Waals surface area contributed by atoms with Crippen LogP contribution in [0.15, 0.2) is 0 Å². The van der Waals surface area contributed by atoms with Crippen LogP contribution < -0.4 is 0 Å². The van der Waals surface area contributed by atoms with E-state index in [4.69, 9.17) is 19.7 Å². The van der Waals surface area contributed by atoms with Gasteiger partial charge in [0.05, 0.1) is 25.4 Å². The topological polar surface area (TPSA) is 127 Å². The zero-order chi connectivity index (χ0) is 27.7. The van der Waals surface area contributed by atoms with Crippen molar-refractivity contribution in [3.05, 3.63) is 0 Å². The number of rotatable bonds is 26. The quantitative estimate of drug-likeness (QED) is 0.0901. The van der Waals surface area contributed by atoms with Crippen molar-refractivity contribution in [2.75, 3.05) is 6.61 Å². The summed E-state index contributed by atoms with van der Waals surface area (Å²) in [5.74, 6) is -5.14. The van der Waals surface area contributed by atoms with E-state index in [2.05, 4.69) is 6.92 Å². The van der Waals surface area contributed by atoms with Gasteiger partial charge in [-0.15, -0.1) is 0 Å². The van der Waals surface area contributed by atoms with E-state index >= 15 is 0 Å². The molecule has 0 radical (unpaired) electrons. The van der Waals surface area contributed by atoms with Crippen LogP contribution in [0.5, 0.6) is 0 Å². The molecule has 2 unspecified atom stereocenters. The van der Waals surface area contributed by atoms with Crippen molar-refractivity contribution in [3.63, 3.8) is 0 Å². The summed E-state index contributed by atoms with van der Waals surface area (Å²) in [5, 5.41) is 18.0. The zero-order valence-corrected chi connectivity index (χ0v) is 23.3. The fraction of sp³-hybridized carbons (Fsp3) is 0.862. The van der Waals surface area contributed by atoms with Gasteiger partial charge in [0.1, 0.15) is 0 Å². The molecule has 0 aromatic rings. The van der Waals surface area contributed by atoms with E-state index in [9.17, 15) is 19.2 Å². The van der Waals surface area contributed by atoms with Crippen molar-refractivity contribution in [1.29, 1.82) is 0 Å². The van der Waals surface area contributed by atoms with Gasteiger partial charge in [0, 0.05) is 0 Å². The number of hydrogen-bond donors (Lipinski definition) is 2. The minimum absolute atomic E-state index is 0.197. The first-order chi connectivity index (χ1) is 17.8. The van der Waals surface area contributed by atoms with Crippen LogP contribution >= 0.6 is 0 Å². The van der Waals surface area contributed by atoms with Gasteiger partial charge < -0.3 is 19.7 Å². The maximum atomic E-state index is 12.6. The Balaban J connectivity index is 4.16. The Morgan fingerprint density at radius 3 is 1.49 bits per heavy atom. The maximum absolute atomic E-state index is 12.6. The van der Waals surface area contributed by atoms with Crippen LogP contribution in [0.1, 0.15) is 142 Å². The van der Waals surface area contributed by atoms with Gasteiger partial charge in [-0.3, -0.25) is 14.4 Å². The van der Waals surface area contributed by atoms with E-state index < -0.39 is 42.3 Å². The normalized spacial score (nSPS) is 12.6. The fourth-order valence-electron chi connectivity index (χ4n) is 4.29. The maximum Gasteiger partial charge on any atom is 0.345 e. The van der Waals surface area contributed by atoms with Gasteiger partial charge in [0.15, 0.2) is 0 Å². The molecule has 0 aromatic carbocycles. The number of carboxylic acid groups (broad SMARTS) is 2. The van der Waals surface area contributed by atoms with Crippen molar-refractivity contribution in [2.45, 2.75) is 148 Å². The summed E-state index contributed by atoms with van der Waals surface area (Å²) in [6.45, 7) is 4.35. The molecule has 0 bridgehead atoms. The molecule has 216 valence electrons. The SMILES string of the molecule is CCCCCCCCCCCCCCCCCCC(CC(=O)OCCC)C(=O)OC(CC(=O)O)C(=O)O. The molecule has 0 spiro atoms. The molecule has 0 aliphatic rings. The molecule has 8 heteroatoms. The molecule has 0 saturated carbocycles. The van der Waals surface area contributed by atoms with Crippen LogP contribution in [0.25, 0.3) is 0 Å². The van der Waals surface area contributed by atoms with Gasteiger partial charge in [-0.1, -0.05) is 117 Å². The summed E-state index contributed by atoms with van der Waals surface area (Å²) < 4.78 is 10.0. The molecular weight excluding hydrogens is 476 g/mol. The van der Waals surface area contributed by atoms with E-state index in [0.29, 0.717) is 19.3 Å². The molecule has 0 saturated heterocycles. The van der Waals surface area contributed by atoms with Gasteiger partial charge >= 0.3 is 23.9 Å². The molecule has 37 heavy (non-hydrogen) atoms. The lowest BCUT2D eigenvalue weighted by Gasteiger charge is -2.18. The molecule has 0 aliphatic carbocycles. The second-order valence-electron chi connectivity index (χ2n) is 10.1. The highest BCUT2D eigenvalue weighted by molar-refractivity contribution is 5.85. The highest BCUT2D eigenvalue weighted by Gasteiger charge is 2.30. The third-order valence-electron chi connectivity index (χ3n) is 6.51. The van der Waals surface area contributed by atoms with Gasteiger partial charge in [-0.05, 0) is 12.8 Å². The monoisotopic (exact) mass is 528 g/mol. The lowest BCUT2D eigenvalue weighted by molar-refractivity contribution is -0.171. The van der Waals surface area contributed by atoms with Crippen LogP contribution in [-0.2, 0) is 28.7 Å². The number of aliphatic carboxylic acids is 2. The number of hydrogen-bond acceptors (Lipinski definition) is 6. The highest BCUT2D eigenvalue weighted by Crippen LogP contribution is 2.20. The minimum Gasteiger partial charge on any atom is -0.481 e. The number of carbonyl (C=O) groups is 4. The average molecular weight is 529 g/mol. The van der Waals surface area contributed by atoms with Crippen molar-refractivity contribution in [1.82, 2.24) is 0 Å². The Hall–Kier alpha value is -2.12. The molecular formula is C29H52O8. The lowest BCUT2D eigenvalue weighted by atomic mass is 9.96. The third-order valence-corrected chi connectivity index (χ3v) is 6.51. The summed E-state index contributed by atoms with van der Waals surface area (Å²) in [4.78, 5) is 46.7. The Morgan fingerprint density at radius 1 is 0.622 bits per heavy atom. The summed E-state index contributed by atoms with van der Waals surface area (Å²) in [5.41, 5.74) is 0. The molecule has 0 heterocycles. The van der Waals surface area contributed by atoms with Crippen molar-refractivity contribution >= 4 is 23.9 Å². The first-order valence-electron chi connectivity index (χ1n) is 14.6. The largest absolute Gasteiger partial charge is 0.481 e. The van der Waals surface area contributed by atoms with E-state index in [1.54, 1.807) is 0 Å². The van der Waals surface area contributed by atoms with Gasteiger partial charge in [0.2, 0.25) is 6.10 Å². The Kier molecular flexibility index (Phi) is 22.8. The summed E-state index contributed by atoms with van der Waals surface area (Å²) >= 11 is 0. The van der Waals surface area contributed by atoms with Crippen molar-refractivity contribution < 1.29 is 38.9 Å². The predicted octanol–water partition coefficient (Wildman–Crippen LogP) is 7.07. The zero-order valence-electron chi connectivity index (χ0n) is 23.3. The molecule has 8 nitrogen and oxygen atoms in total. The van der Waals surface area contributed by atoms with Gasteiger partial charge in [-0.2, -0.15) is 0 Å². The van der Waals surface area contributed by atoms with Crippen LogP contribution in [0.2, 0.25) is 0 Å². The second-order valence-corrected chi connectivity index (χ2v) is 10.1. The summed E-state index contributed by atoms with van der Waals surface area (Å²) in [6, 6.07) is 0. The fourth-order valence-corrected chi connectivity index (χ4v) is 4.29. The van der Waals surface area contributed by atoms with E-state index in [0.717, 1.165) is 19.3 Å². The average Bonchev–Trinajstić information content (AvgIpc) is 2.85. The highest BCUT2D eigenvalue weighted by atomic mass is 16.6. The van der Waals surface area contributed by atoms with Gasteiger partial charge in [0.25, 0.3) is 0 Å². The summed E-state index contributed by atoms with van der Waals surface area (Å²) in [7, 11) is 0. The molecule has 0 aliphatic heterocycles. The number of unbranched alkanes of at least 4 members (excludes halogenated alkanes) is 15. The van der Waals surface area contributed by atoms with Crippen molar-refractivity contribution in [3.8, 4) is 0 Å². The lowest BCUT2D eigenvalue weighted by Crippen LogP contribution is -2.33. The van der Waals surface area contributed by atoms with Crippen LogP contribution in [0.4, 0.5) is 0 Å². The van der Waals surface area contributed by atoms with E-state index in [1.165, 1.54) is 77.0 Å². The minimum atomic E-state index is -1.77. The molecule has 0 rings (SSSR count). The Labute approximate surface area is 223 Å². The van der Waals surface area contributed by atoms with E-state index in [-0.39, 0.29) is 13.0 Å². The second kappa shape index (κ2) is 24.2. The molecule has 0 fully saturated rings. The first-order valence-corrected chi connectivity index (χ1v) is 14.6. The summed E-state index contributed by atoms with van der Waals surface area (Å²) in [6.07, 6.45) is 17.9. The van der Waals surface area contributed by atoms with E-state index in [1.807, 2.05) is 6.92 Å². The molecule has 0 amide bonds. The Bertz CT molecular complexity index is 619. The number of esters is 2. The molecule has 2 N–H and O–H groups in total. The standard InChI is InChI=1S/C29H52O8/c1-3-5-6-7-8-9-10-11-12-13-14-15-16-17-18-19-20-24(22-27(32)36-21-4-2)29(35)37-25(28(33)34)23-26(30)31/h24-25H,3-23H2,1-2H3,(H,30,31)(H,33,34). The van der Waals surface area contributed by atoms with Crippen molar-refractivity contribution in [2.24, 2.45) is 5.92 Å². The van der Waals surface area contributed by atoms with Crippen LogP contribution in [0.3, 0.4) is 0 Å². The smallest absolute Gasteiger partial charge is 0.345 e.